The second-order valence-electron chi connectivity index (χ2n) is 6.63. The van der Waals surface area contributed by atoms with Gasteiger partial charge in [0, 0.05) is 38.8 Å². The van der Waals surface area contributed by atoms with Gasteiger partial charge in [-0.1, -0.05) is 23.7 Å². The number of carbonyl (C=O) groups is 2. The highest BCUT2D eigenvalue weighted by molar-refractivity contribution is 6.34. The number of hydrogen-bond acceptors (Lipinski definition) is 4. The Balaban J connectivity index is 1.76. The van der Waals surface area contributed by atoms with E-state index in [4.69, 9.17) is 16.3 Å². The van der Waals surface area contributed by atoms with Crippen molar-refractivity contribution in [2.75, 3.05) is 42.9 Å². The Hall–Kier alpha value is -2.73. The summed E-state index contributed by atoms with van der Waals surface area (Å²) < 4.78 is 5.22. The summed E-state index contributed by atoms with van der Waals surface area (Å²) in [6, 6.07) is 12.6. The topological polar surface area (TPSA) is 61.9 Å². The summed E-state index contributed by atoms with van der Waals surface area (Å²) in [5.74, 6) is -0.0399. The SMILES string of the molecule is COc1cccc(N2CC(C(=O)Nc3cccc(Cl)c3N(C)C)CC2=O)c1. The van der Waals surface area contributed by atoms with Gasteiger partial charge in [-0.3, -0.25) is 9.59 Å². The van der Waals surface area contributed by atoms with E-state index in [1.165, 1.54) is 0 Å². The molecule has 1 unspecified atom stereocenters. The number of ether oxygens (including phenoxy) is 1. The van der Waals surface area contributed by atoms with Gasteiger partial charge in [0.2, 0.25) is 11.8 Å². The lowest BCUT2D eigenvalue weighted by Crippen LogP contribution is -2.28. The van der Waals surface area contributed by atoms with Crippen LogP contribution in [0.1, 0.15) is 6.42 Å². The molecule has 1 aliphatic heterocycles. The summed E-state index contributed by atoms with van der Waals surface area (Å²) >= 11 is 6.26. The Morgan fingerprint density at radius 2 is 2.00 bits per heavy atom. The Morgan fingerprint density at radius 1 is 1.26 bits per heavy atom. The lowest BCUT2D eigenvalue weighted by Gasteiger charge is -2.21. The highest BCUT2D eigenvalue weighted by Crippen LogP contribution is 2.34. The summed E-state index contributed by atoms with van der Waals surface area (Å²) in [6.07, 6.45) is 0.168. The maximum Gasteiger partial charge on any atom is 0.229 e. The van der Waals surface area contributed by atoms with E-state index in [-0.39, 0.29) is 18.2 Å². The van der Waals surface area contributed by atoms with Crippen LogP contribution < -0.4 is 19.9 Å². The summed E-state index contributed by atoms with van der Waals surface area (Å²) in [6.45, 7) is 0.329. The maximum atomic E-state index is 12.8. The van der Waals surface area contributed by atoms with Gasteiger partial charge < -0.3 is 19.9 Å². The zero-order valence-corrected chi connectivity index (χ0v) is 16.3. The van der Waals surface area contributed by atoms with Crippen LogP contribution in [0.4, 0.5) is 17.1 Å². The molecule has 1 N–H and O–H groups in total. The maximum absolute atomic E-state index is 12.8. The molecule has 6 nitrogen and oxygen atoms in total. The lowest BCUT2D eigenvalue weighted by atomic mass is 10.1. The Morgan fingerprint density at radius 3 is 2.70 bits per heavy atom. The number of methoxy groups -OCH3 is 1. The van der Waals surface area contributed by atoms with Crippen LogP contribution in [0.2, 0.25) is 5.02 Å². The summed E-state index contributed by atoms with van der Waals surface area (Å²) in [5, 5.41) is 3.48. The van der Waals surface area contributed by atoms with Gasteiger partial charge in [0.05, 0.1) is 29.4 Å². The average Bonchev–Trinajstić information content (AvgIpc) is 3.03. The first kappa shape index (κ1) is 19.0. The van der Waals surface area contributed by atoms with Gasteiger partial charge in [0.25, 0.3) is 0 Å². The molecule has 0 spiro atoms. The molecule has 0 bridgehead atoms. The molecular formula is C20H22ClN3O3. The number of nitrogens with one attached hydrogen (secondary N) is 1. The lowest BCUT2D eigenvalue weighted by molar-refractivity contribution is -0.122. The van der Waals surface area contributed by atoms with E-state index in [1.54, 1.807) is 36.3 Å². The quantitative estimate of drug-likeness (QED) is 0.854. The molecule has 3 rings (SSSR count). The summed E-state index contributed by atoms with van der Waals surface area (Å²) in [4.78, 5) is 28.7. The molecular weight excluding hydrogens is 366 g/mol. The van der Waals surface area contributed by atoms with E-state index in [0.717, 1.165) is 11.4 Å². The van der Waals surface area contributed by atoms with Crippen molar-refractivity contribution in [3.8, 4) is 5.75 Å². The molecule has 1 fully saturated rings. The molecule has 0 aromatic heterocycles. The number of anilines is 3. The predicted octanol–water partition coefficient (Wildman–Crippen LogP) is 3.41. The van der Waals surface area contributed by atoms with Crippen molar-refractivity contribution in [2.45, 2.75) is 6.42 Å². The van der Waals surface area contributed by atoms with Gasteiger partial charge in [0.1, 0.15) is 5.75 Å². The molecule has 0 saturated carbocycles. The van der Waals surface area contributed by atoms with E-state index in [0.29, 0.717) is 23.0 Å². The van der Waals surface area contributed by atoms with E-state index in [9.17, 15) is 9.59 Å². The van der Waals surface area contributed by atoms with Crippen LogP contribution in [0.25, 0.3) is 0 Å². The van der Waals surface area contributed by atoms with Crippen molar-refractivity contribution >= 4 is 40.5 Å². The van der Waals surface area contributed by atoms with E-state index in [2.05, 4.69) is 5.32 Å². The molecule has 2 aromatic rings. The largest absolute Gasteiger partial charge is 0.497 e. The van der Waals surface area contributed by atoms with Crippen LogP contribution in [0.5, 0.6) is 5.75 Å². The average molecular weight is 388 g/mol. The highest BCUT2D eigenvalue weighted by Gasteiger charge is 2.35. The second-order valence-corrected chi connectivity index (χ2v) is 7.03. The van der Waals surface area contributed by atoms with Crippen molar-refractivity contribution in [2.24, 2.45) is 5.92 Å². The first-order chi connectivity index (χ1) is 12.9. The molecule has 2 aromatic carbocycles. The number of para-hydroxylation sites is 1. The Bertz CT molecular complexity index is 869. The fraction of sp³-hybridized carbons (Fsp3) is 0.300. The number of rotatable bonds is 5. The number of nitrogens with zero attached hydrogens (tertiary/aromatic N) is 2. The van der Waals surface area contributed by atoms with Crippen molar-refractivity contribution in [3.05, 3.63) is 47.5 Å². The predicted molar refractivity (Wildman–Crippen MR) is 108 cm³/mol. The van der Waals surface area contributed by atoms with Crippen molar-refractivity contribution < 1.29 is 14.3 Å². The third kappa shape index (κ3) is 4.01. The number of amides is 2. The molecule has 0 radical (unpaired) electrons. The van der Waals surface area contributed by atoms with Crippen LogP contribution in [-0.2, 0) is 9.59 Å². The summed E-state index contributed by atoms with van der Waals surface area (Å²) in [5.41, 5.74) is 2.10. The van der Waals surface area contributed by atoms with Gasteiger partial charge in [-0.25, -0.2) is 0 Å². The first-order valence-electron chi connectivity index (χ1n) is 8.62. The molecule has 1 saturated heterocycles. The van der Waals surface area contributed by atoms with Crippen LogP contribution in [0.15, 0.2) is 42.5 Å². The zero-order valence-electron chi connectivity index (χ0n) is 15.5. The number of benzene rings is 2. The minimum absolute atomic E-state index is 0.0812. The monoisotopic (exact) mass is 387 g/mol. The highest BCUT2D eigenvalue weighted by atomic mass is 35.5. The fourth-order valence-electron chi connectivity index (χ4n) is 3.22. The van der Waals surface area contributed by atoms with Gasteiger partial charge in [-0.15, -0.1) is 0 Å². The van der Waals surface area contributed by atoms with Gasteiger partial charge in [-0.05, 0) is 24.3 Å². The molecule has 2 amide bonds. The Kier molecular flexibility index (Phi) is 5.56. The van der Waals surface area contributed by atoms with Gasteiger partial charge in [-0.2, -0.15) is 0 Å². The van der Waals surface area contributed by atoms with Crippen molar-refractivity contribution in [1.29, 1.82) is 0 Å². The first-order valence-corrected chi connectivity index (χ1v) is 8.99. The molecule has 142 valence electrons. The van der Waals surface area contributed by atoms with E-state index < -0.39 is 5.92 Å². The summed E-state index contributed by atoms with van der Waals surface area (Å²) in [7, 11) is 5.30. The number of carbonyl (C=O) groups excluding carboxylic acids is 2. The van der Waals surface area contributed by atoms with E-state index >= 15 is 0 Å². The number of halogens is 1. The molecule has 1 heterocycles. The third-order valence-electron chi connectivity index (χ3n) is 4.55. The van der Waals surface area contributed by atoms with E-state index in [1.807, 2.05) is 37.2 Å². The van der Waals surface area contributed by atoms with Crippen molar-refractivity contribution in [3.63, 3.8) is 0 Å². The van der Waals surface area contributed by atoms with Crippen LogP contribution in [-0.4, -0.2) is 39.6 Å². The minimum Gasteiger partial charge on any atom is -0.497 e. The fourth-order valence-corrected chi connectivity index (χ4v) is 3.56. The zero-order chi connectivity index (χ0) is 19.6. The van der Waals surface area contributed by atoms with Crippen molar-refractivity contribution in [1.82, 2.24) is 0 Å². The Labute approximate surface area is 163 Å². The van der Waals surface area contributed by atoms with Crippen LogP contribution >= 0.6 is 11.6 Å². The second kappa shape index (κ2) is 7.88. The molecule has 1 aliphatic rings. The molecule has 0 aliphatic carbocycles. The molecule has 1 atom stereocenters. The van der Waals surface area contributed by atoms with Gasteiger partial charge >= 0.3 is 0 Å². The van der Waals surface area contributed by atoms with Crippen LogP contribution in [0, 0.1) is 5.92 Å². The molecule has 27 heavy (non-hydrogen) atoms. The van der Waals surface area contributed by atoms with Crippen LogP contribution in [0.3, 0.4) is 0 Å². The third-order valence-corrected chi connectivity index (χ3v) is 4.86. The normalized spacial score (nSPS) is 16.4. The molecule has 7 heteroatoms. The number of hydrogen-bond donors (Lipinski definition) is 1. The van der Waals surface area contributed by atoms with Gasteiger partial charge in [0.15, 0.2) is 0 Å². The minimum atomic E-state index is -0.433. The smallest absolute Gasteiger partial charge is 0.229 e. The standard InChI is InChI=1S/C20H22ClN3O3/c1-23(2)19-16(21)8-5-9-17(19)22-20(26)13-10-18(25)24(12-13)14-6-4-7-15(11-14)27-3/h4-9,11,13H,10,12H2,1-3H3,(H,22,26).